The molecule has 0 unspecified atom stereocenters. The van der Waals surface area contributed by atoms with Gasteiger partial charge in [0.25, 0.3) is 0 Å². The Hall–Kier alpha value is -1.34. The minimum absolute atomic E-state index is 0.213. The SMILES string of the molecule is COC(=O)NCCOCCOCC(=O)O. The molecule has 0 atom stereocenters. The topological polar surface area (TPSA) is 94.1 Å². The van der Waals surface area contributed by atoms with Gasteiger partial charge in [-0.2, -0.15) is 0 Å². The van der Waals surface area contributed by atoms with Crippen molar-refractivity contribution in [2.24, 2.45) is 0 Å². The average Bonchev–Trinajstić information content (AvgIpc) is 2.21. The molecule has 7 heteroatoms. The molecule has 2 N–H and O–H groups in total. The van der Waals surface area contributed by atoms with Gasteiger partial charge in [0, 0.05) is 6.54 Å². The number of hydrogen-bond donors (Lipinski definition) is 2. The fraction of sp³-hybridized carbons (Fsp3) is 0.750. The van der Waals surface area contributed by atoms with Gasteiger partial charge >= 0.3 is 12.1 Å². The third-order valence-electron chi connectivity index (χ3n) is 1.30. The molecule has 0 aliphatic carbocycles. The van der Waals surface area contributed by atoms with E-state index in [4.69, 9.17) is 14.6 Å². The Labute approximate surface area is 87.3 Å². The number of hydrogen-bond acceptors (Lipinski definition) is 5. The Balaban J connectivity index is 3.05. The van der Waals surface area contributed by atoms with Crippen LogP contribution in [0.3, 0.4) is 0 Å². The maximum atomic E-state index is 10.5. The molecule has 0 rings (SSSR count). The van der Waals surface area contributed by atoms with Crippen LogP contribution in [-0.2, 0) is 19.0 Å². The van der Waals surface area contributed by atoms with Crippen LogP contribution in [0.15, 0.2) is 0 Å². The van der Waals surface area contributed by atoms with Gasteiger partial charge in [-0.15, -0.1) is 0 Å². The quantitative estimate of drug-likeness (QED) is 0.534. The lowest BCUT2D eigenvalue weighted by Gasteiger charge is -2.05. The molecule has 0 aromatic heterocycles. The Morgan fingerprint density at radius 2 is 1.87 bits per heavy atom. The summed E-state index contributed by atoms with van der Waals surface area (Å²) in [4.78, 5) is 20.6. The van der Waals surface area contributed by atoms with E-state index >= 15 is 0 Å². The first-order valence-corrected chi connectivity index (χ1v) is 4.36. The van der Waals surface area contributed by atoms with Crippen LogP contribution in [0.25, 0.3) is 0 Å². The first kappa shape index (κ1) is 13.7. The van der Waals surface area contributed by atoms with Crippen LogP contribution in [0.5, 0.6) is 0 Å². The molecule has 1 amide bonds. The highest BCUT2D eigenvalue weighted by atomic mass is 16.5. The summed E-state index contributed by atoms with van der Waals surface area (Å²) in [6.07, 6.45) is -0.513. The number of carboxylic acids is 1. The Bertz CT molecular complexity index is 196. The Morgan fingerprint density at radius 3 is 2.47 bits per heavy atom. The summed E-state index contributed by atoms with van der Waals surface area (Å²) in [6, 6.07) is 0. The highest BCUT2D eigenvalue weighted by Crippen LogP contribution is 1.79. The van der Waals surface area contributed by atoms with Crippen LogP contribution < -0.4 is 5.32 Å². The van der Waals surface area contributed by atoms with E-state index in [0.29, 0.717) is 13.2 Å². The second kappa shape index (κ2) is 9.22. The number of methoxy groups -OCH3 is 1. The summed E-state index contributed by atoms with van der Waals surface area (Å²) in [5, 5.41) is 10.6. The number of aliphatic carboxylic acids is 1. The summed E-state index contributed by atoms with van der Waals surface area (Å²) in [5.74, 6) is -1.01. The lowest BCUT2D eigenvalue weighted by Crippen LogP contribution is -2.27. The monoisotopic (exact) mass is 221 g/mol. The summed E-state index contributed by atoms with van der Waals surface area (Å²) in [7, 11) is 1.27. The van der Waals surface area contributed by atoms with Gasteiger partial charge in [-0.25, -0.2) is 9.59 Å². The van der Waals surface area contributed by atoms with Crippen LogP contribution >= 0.6 is 0 Å². The third kappa shape index (κ3) is 10.6. The predicted molar refractivity (Wildman–Crippen MR) is 49.7 cm³/mol. The number of alkyl carbamates (subject to hydrolysis) is 1. The van der Waals surface area contributed by atoms with Gasteiger partial charge in [0.05, 0.1) is 26.9 Å². The van der Waals surface area contributed by atoms with Crippen molar-refractivity contribution in [2.75, 3.05) is 40.1 Å². The normalized spacial score (nSPS) is 9.67. The summed E-state index contributed by atoms with van der Waals surface area (Å²) < 4.78 is 14.1. The highest BCUT2D eigenvalue weighted by Gasteiger charge is 1.97. The van der Waals surface area contributed by atoms with Crippen molar-refractivity contribution in [3.8, 4) is 0 Å². The molecule has 0 fully saturated rings. The molecule has 0 saturated carbocycles. The standard InChI is InChI=1S/C8H15NO6/c1-13-8(12)9-2-3-14-4-5-15-6-7(10)11/h2-6H2,1H3,(H,9,12)(H,10,11). The first-order chi connectivity index (χ1) is 7.16. The summed E-state index contributed by atoms with van der Waals surface area (Å²) >= 11 is 0. The van der Waals surface area contributed by atoms with Crippen molar-refractivity contribution >= 4 is 12.1 Å². The van der Waals surface area contributed by atoms with Gasteiger partial charge in [0.2, 0.25) is 0 Å². The average molecular weight is 221 g/mol. The molecule has 0 saturated heterocycles. The van der Waals surface area contributed by atoms with Gasteiger partial charge < -0.3 is 24.6 Å². The van der Waals surface area contributed by atoms with Crippen molar-refractivity contribution in [1.82, 2.24) is 5.32 Å². The predicted octanol–water partition coefficient (Wildman–Crippen LogP) is -0.540. The lowest BCUT2D eigenvalue weighted by molar-refractivity contribution is -0.142. The molecule has 0 radical (unpaired) electrons. The molecule has 0 heterocycles. The lowest BCUT2D eigenvalue weighted by atomic mass is 10.6. The number of nitrogens with one attached hydrogen (secondary N) is 1. The van der Waals surface area contributed by atoms with Gasteiger partial charge in [-0.3, -0.25) is 0 Å². The van der Waals surface area contributed by atoms with Crippen LogP contribution in [0.4, 0.5) is 4.79 Å². The maximum absolute atomic E-state index is 10.5. The van der Waals surface area contributed by atoms with Crippen molar-refractivity contribution in [3.63, 3.8) is 0 Å². The van der Waals surface area contributed by atoms with Gasteiger partial charge in [-0.05, 0) is 0 Å². The molecular formula is C8H15NO6. The molecule has 0 aliphatic rings. The van der Waals surface area contributed by atoms with Crippen LogP contribution in [0.2, 0.25) is 0 Å². The molecule has 0 bridgehead atoms. The van der Waals surface area contributed by atoms with Gasteiger partial charge in [0.1, 0.15) is 6.61 Å². The van der Waals surface area contributed by atoms with E-state index in [1.165, 1.54) is 7.11 Å². The number of carbonyl (C=O) groups is 2. The smallest absolute Gasteiger partial charge is 0.406 e. The van der Waals surface area contributed by atoms with Crippen molar-refractivity contribution in [2.45, 2.75) is 0 Å². The molecular weight excluding hydrogens is 206 g/mol. The number of ether oxygens (including phenoxy) is 3. The summed E-state index contributed by atoms with van der Waals surface area (Å²) in [6.45, 7) is 0.835. The van der Waals surface area contributed by atoms with Crippen LogP contribution in [-0.4, -0.2) is 57.3 Å². The van der Waals surface area contributed by atoms with Gasteiger partial charge in [0.15, 0.2) is 0 Å². The number of carboxylic acid groups (broad SMARTS) is 1. The van der Waals surface area contributed by atoms with E-state index in [0.717, 1.165) is 0 Å². The second-order valence-electron chi connectivity index (χ2n) is 2.48. The Kier molecular flexibility index (Phi) is 8.40. The molecule has 15 heavy (non-hydrogen) atoms. The number of carbonyl (C=O) groups excluding carboxylic acids is 1. The molecule has 0 aromatic rings. The van der Waals surface area contributed by atoms with Crippen molar-refractivity contribution in [1.29, 1.82) is 0 Å². The zero-order valence-electron chi connectivity index (χ0n) is 8.52. The zero-order chi connectivity index (χ0) is 11.5. The van der Waals surface area contributed by atoms with E-state index in [-0.39, 0.29) is 19.8 Å². The van der Waals surface area contributed by atoms with Gasteiger partial charge in [-0.1, -0.05) is 0 Å². The first-order valence-electron chi connectivity index (χ1n) is 4.36. The molecule has 88 valence electrons. The van der Waals surface area contributed by atoms with Crippen LogP contribution in [0.1, 0.15) is 0 Å². The van der Waals surface area contributed by atoms with E-state index in [1.54, 1.807) is 0 Å². The van der Waals surface area contributed by atoms with E-state index < -0.39 is 12.1 Å². The van der Waals surface area contributed by atoms with Crippen molar-refractivity contribution in [3.05, 3.63) is 0 Å². The minimum atomic E-state index is -1.01. The maximum Gasteiger partial charge on any atom is 0.406 e. The Morgan fingerprint density at radius 1 is 1.20 bits per heavy atom. The molecule has 0 aromatic carbocycles. The molecule has 0 aliphatic heterocycles. The zero-order valence-corrected chi connectivity index (χ0v) is 8.52. The second-order valence-corrected chi connectivity index (χ2v) is 2.48. The van der Waals surface area contributed by atoms with E-state index in [1.807, 2.05) is 0 Å². The number of amides is 1. The molecule has 7 nitrogen and oxygen atoms in total. The van der Waals surface area contributed by atoms with Crippen LogP contribution in [0, 0.1) is 0 Å². The fourth-order valence-corrected chi connectivity index (χ4v) is 0.677. The third-order valence-corrected chi connectivity index (χ3v) is 1.30. The van der Waals surface area contributed by atoms with E-state index in [9.17, 15) is 9.59 Å². The highest BCUT2D eigenvalue weighted by molar-refractivity contribution is 5.68. The minimum Gasteiger partial charge on any atom is -0.480 e. The van der Waals surface area contributed by atoms with Crippen molar-refractivity contribution < 1.29 is 28.9 Å². The fourth-order valence-electron chi connectivity index (χ4n) is 0.677. The molecule has 0 spiro atoms. The summed E-state index contributed by atoms with van der Waals surface area (Å²) in [5.41, 5.74) is 0. The largest absolute Gasteiger partial charge is 0.480 e. The van der Waals surface area contributed by atoms with E-state index in [2.05, 4.69) is 10.1 Å². The number of rotatable bonds is 8.